The molecule has 110 valence electrons. The highest BCUT2D eigenvalue weighted by Gasteiger charge is 2.18. The lowest BCUT2D eigenvalue weighted by Crippen LogP contribution is -2.44. The van der Waals surface area contributed by atoms with Gasteiger partial charge in [0, 0.05) is 19.6 Å². The van der Waals surface area contributed by atoms with Gasteiger partial charge in [-0.1, -0.05) is 19.1 Å². The molecule has 0 saturated carbocycles. The van der Waals surface area contributed by atoms with Gasteiger partial charge >= 0.3 is 12.0 Å². The first-order valence-electron chi connectivity index (χ1n) is 6.36. The van der Waals surface area contributed by atoms with Gasteiger partial charge in [-0.3, -0.25) is 4.79 Å². The highest BCUT2D eigenvalue weighted by atomic mass is 16.5. The van der Waals surface area contributed by atoms with E-state index < -0.39 is 11.9 Å². The Kier molecular flexibility index (Phi) is 8.61. The predicted octanol–water partition coefficient (Wildman–Crippen LogP) is 1.33. The van der Waals surface area contributed by atoms with Crippen molar-refractivity contribution in [3.8, 4) is 0 Å². The zero-order valence-corrected chi connectivity index (χ0v) is 11.9. The van der Waals surface area contributed by atoms with E-state index in [9.17, 15) is 9.59 Å². The Morgan fingerprint density at radius 3 is 2.58 bits per heavy atom. The number of carbonyl (C=O) groups excluding carboxylic acids is 1. The van der Waals surface area contributed by atoms with Crippen molar-refractivity contribution in [2.24, 2.45) is 5.92 Å². The minimum atomic E-state index is -0.906. The van der Waals surface area contributed by atoms with Crippen LogP contribution in [0.5, 0.6) is 0 Å². The van der Waals surface area contributed by atoms with Gasteiger partial charge < -0.3 is 20.1 Å². The van der Waals surface area contributed by atoms with Crippen LogP contribution in [0.3, 0.4) is 0 Å². The molecule has 2 N–H and O–H groups in total. The van der Waals surface area contributed by atoms with Crippen LogP contribution in [-0.2, 0) is 9.53 Å². The number of carboxylic acids is 1. The van der Waals surface area contributed by atoms with Crippen LogP contribution in [0.1, 0.15) is 20.8 Å². The van der Waals surface area contributed by atoms with Gasteiger partial charge in [0.05, 0.1) is 19.1 Å². The second-order valence-electron chi connectivity index (χ2n) is 4.52. The molecule has 0 bridgehead atoms. The quantitative estimate of drug-likeness (QED) is 0.490. The summed E-state index contributed by atoms with van der Waals surface area (Å²) in [6, 6.07) is -0.269. The highest BCUT2D eigenvalue weighted by molar-refractivity contribution is 5.75. The molecule has 0 saturated heterocycles. The summed E-state index contributed by atoms with van der Waals surface area (Å²) in [5.41, 5.74) is 0.928. The Bertz CT molecular complexity index is 318. The maximum Gasteiger partial charge on any atom is 0.317 e. The van der Waals surface area contributed by atoms with E-state index in [-0.39, 0.29) is 12.6 Å². The smallest absolute Gasteiger partial charge is 0.317 e. The fourth-order valence-electron chi connectivity index (χ4n) is 1.35. The molecule has 0 aromatic rings. The zero-order valence-electron chi connectivity index (χ0n) is 11.9. The first-order valence-corrected chi connectivity index (χ1v) is 6.36. The molecule has 0 radical (unpaired) electrons. The van der Waals surface area contributed by atoms with Gasteiger partial charge in [-0.2, -0.15) is 0 Å². The lowest BCUT2D eigenvalue weighted by atomic mass is 10.2. The zero-order chi connectivity index (χ0) is 14.8. The fraction of sp³-hybridized carbons (Fsp3) is 0.692. The maximum absolute atomic E-state index is 11.8. The molecule has 0 aliphatic heterocycles. The molecule has 0 aliphatic rings. The second-order valence-corrected chi connectivity index (χ2v) is 4.52. The minimum absolute atomic E-state index is 0.199. The first-order chi connectivity index (χ1) is 8.88. The summed E-state index contributed by atoms with van der Waals surface area (Å²) in [5, 5.41) is 11.5. The van der Waals surface area contributed by atoms with E-state index >= 15 is 0 Å². The number of ether oxygens (including phenoxy) is 1. The molecule has 0 heterocycles. The second kappa shape index (κ2) is 9.38. The van der Waals surface area contributed by atoms with E-state index in [1.807, 2.05) is 13.8 Å². The molecule has 0 rings (SSSR count). The Labute approximate surface area is 114 Å². The van der Waals surface area contributed by atoms with Gasteiger partial charge in [0.1, 0.15) is 0 Å². The van der Waals surface area contributed by atoms with E-state index in [2.05, 4.69) is 11.9 Å². The number of carboxylic acid groups (broad SMARTS) is 1. The number of amides is 2. The van der Waals surface area contributed by atoms with Crippen LogP contribution in [0.2, 0.25) is 0 Å². The molecular formula is C13H24N2O4. The Hall–Kier alpha value is -1.56. The van der Waals surface area contributed by atoms with Gasteiger partial charge in [-0.15, -0.1) is 0 Å². The number of nitrogens with one attached hydrogen (secondary N) is 1. The van der Waals surface area contributed by atoms with Crippen molar-refractivity contribution < 1.29 is 19.4 Å². The van der Waals surface area contributed by atoms with Crippen molar-refractivity contribution in [1.29, 1.82) is 0 Å². The van der Waals surface area contributed by atoms with Gasteiger partial charge in [0.25, 0.3) is 0 Å². The molecule has 2 amide bonds. The Morgan fingerprint density at radius 2 is 2.11 bits per heavy atom. The SMILES string of the molecule is C=C(C)COCCNC(=O)N(CC)CC(C)C(=O)O. The topological polar surface area (TPSA) is 78.9 Å². The third kappa shape index (κ3) is 8.20. The van der Waals surface area contributed by atoms with Crippen LogP contribution >= 0.6 is 0 Å². The average Bonchev–Trinajstić information content (AvgIpc) is 2.34. The number of aliphatic carboxylic acids is 1. The van der Waals surface area contributed by atoms with Gasteiger partial charge in [-0.25, -0.2) is 4.79 Å². The number of carbonyl (C=O) groups is 2. The molecular weight excluding hydrogens is 248 g/mol. The molecule has 6 heteroatoms. The van der Waals surface area contributed by atoms with Crippen LogP contribution in [0.4, 0.5) is 4.79 Å². The number of urea groups is 1. The van der Waals surface area contributed by atoms with E-state index in [4.69, 9.17) is 9.84 Å². The summed E-state index contributed by atoms with van der Waals surface area (Å²) in [4.78, 5) is 24.0. The molecule has 1 atom stereocenters. The van der Waals surface area contributed by atoms with E-state index in [0.29, 0.717) is 26.3 Å². The summed E-state index contributed by atoms with van der Waals surface area (Å²) in [6.07, 6.45) is 0. The average molecular weight is 272 g/mol. The van der Waals surface area contributed by atoms with E-state index in [0.717, 1.165) is 5.57 Å². The largest absolute Gasteiger partial charge is 0.481 e. The van der Waals surface area contributed by atoms with Crippen molar-refractivity contribution >= 4 is 12.0 Å². The van der Waals surface area contributed by atoms with Gasteiger partial charge in [0.2, 0.25) is 0 Å². The predicted molar refractivity (Wildman–Crippen MR) is 73.1 cm³/mol. The van der Waals surface area contributed by atoms with Crippen LogP contribution in [0.25, 0.3) is 0 Å². The third-order valence-corrected chi connectivity index (χ3v) is 2.46. The minimum Gasteiger partial charge on any atom is -0.481 e. The maximum atomic E-state index is 11.8. The van der Waals surface area contributed by atoms with Crippen molar-refractivity contribution in [3.05, 3.63) is 12.2 Å². The van der Waals surface area contributed by atoms with Crippen molar-refractivity contribution in [2.75, 3.05) is 32.8 Å². The van der Waals surface area contributed by atoms with Crippen molar-refractivity contribution in [3.63, 3.8) is 0 Å². The standard InChI is InChI=1S/C13H24N2O4/c1-5-15(8-11(4)12(16)17)13(18)14-6-7-19-9-10(2)3/h11H,2,5-9H2,1,3-4H3,(H,14,18)(H,16,17). The number of nitrogens with zero attached hydrogens (tertiary/aromatic N) is 1. The van der Waals surface area contributed by atoms with E-state index in [1.165, 1.54) is 4.90 Å². The molecule has 0 spiro atoms. The molecule has 0 fully saturated rings. The number of rotatable bonds is 9. The summed E-state index contributed by atoms with van der Waals surface area (Å²) >= 11 is 0. The van der Waals surface area contributed by atoms with E-state index in [1.54, 1.807) is 6.92 Å². The summed E-state index contributed by atoms with van der Waals surface area (Å²) in [6.45, 7) is 10.9. The molecule has 0 aliphatic carbocycles. The van der Waals surface area contributed by atoms with Crippen molar-refractivity contribution in [2.45, 2.75) is 20.8 Å². The normalized spacial score (nSPS) is 11.7. The third-order valence-electron chi connectivity index (χ3n) is 2.46. The van der Waals surface area contributed by atoms with Crippen LogP contribution in [0, 0.1) is 5.92 Å². The number of hydrogen-bond acceptors (Lipinski definition) is 3. The first kappa shape index (κ1) is 17.4. The molecule has 1 unspecified atom stereocenters. The lowest BCUT2D eigenvalue weighted by molar-refractivity contribution is -0.141. The fourth-order valence-corrected chi connectivity index (χ4v) is 1.35. The molecule has 19 heavy (non-hydrogen) atoms. The summed E-state index contributed by atoms with van der Waals surface area (Å²) in [5.74, 6) is -1.48. The van der Waals surface area contributed by atoms with Crippen LogP contribution in [0.15, 0.2) is 12.2 Å². The van der Waals surface area contributed by atoms with Gasteiger partial charge in [0.15, 0.2) is 0 Å². The lowest BCUT2D eigenvalue weighted by Gasteiger charge is -2.23. The number of hydrogen-bond donors (Lipinski definition) is 2. The van der Waals surface area contributed by atoms with Crippen LogP contribution < -0.4 is 5.32 Å². The summed E-state index contributed by atoms with van der Waals surface area (Å²) in [7, 11) is 0. The molecule has 0 aromatic heterocycles. The monoisotopic (exact) mass is 272 g/mol. The van der Waals surface area contributed by atoms with Gasteiger partial charge in [-0.05, 0) is 13.8 Å². The van der Waals surface area contributed by atoms with Crippen LogP contribution in [-0.4, -0.2) is 54.9 Å². The highest BCUT2D eigenvalue weighted by Crippen LogP contribution is 2.00. The Balaban J connectivity index is 3.95. The summed E-state index contributed by atoms with van der Waals surface area (Å²) < 4.78 is 5.25. The molecule has 6 nitrogen and oxygen atoms in total. The molecule has 0 aromatic carbocycles. The van der Waals surface area contributed by atoms with Crippen molar-refractivity contribution in [1.82, 2.24) is 10.2 Å². The Morgan fingerprint density at radius 1 is 1.47 bits per heavy atom.